The molecule has 138 valence electrons. The number of nitro groups is 1. The van der Waals surface area contributed by atoms with E-state index in [9.17, 15) is 19.7 Å². The minimum atomic E-state index is -0.737. The predicted octanol–water partition coefficient (Wildman–Crippen LogP) is 3.75. The largest absolute Gasteiger partial charge is 0.450 e. The van der Waals surface area contributed by atoms with Crippen LogP contribution >= 0.6 is 0 Å². The summed E-state index contributed by atoms with van der Waals surface area (Å²) in [5.41, 5.74) is 2.06. The molecule has 0 saturated heterocycles. The van der Waals surface area contributed by atoms with Crippen LogP contribution in [0.4, 0.5) is 11.4 Å². The summed E-state index contributed by atoms with van der Waals surface area (Å²) >= 11 is 0. The van der Waals surface area contributed by atoms with Crippen molar-refractivity contribution in [3.05, 3.63) is 69.5 Å². The van der Waals surface area contributed by atoms with Crippen molar-refractivity contribution in [3.8, 4) is 0 Å². The number of hydrogen-bond donors (Lipinski definition) is 1. The fraction of sp³-hybridized carbons (Fsp3) is 0.158. The van der Waals surface area contributed by atoms with E-state index >= 15 is 0 Å². The van der Waals surface area contributed by atoms with E-state index in [1.807, 2.05) is 12.1 Å². The number of hydrogen-bond acceptors (Lipinski definition) is 6. The van der Waals surface area contributed by atoms with Crippen LogP contribution in [0.3, 0.4) is 0 Å². The van der Waals surface area contributed by atoms with E-state index in [1.54, 1.807) is 26.0 Å². The molecule has 0 spiro atoms. The second-order valence-corrected chi connectivity index (χ2v) is 5.93. The molecule has 0 bridgehead atoms. The lowest BCUT2D eigenvalue weighted by Crippen LogP contribution is -2.21. The van der Waals surface area contributed by atoms with Gasteiger partial charge in [-0.1, -0.05) is 18.2 Å². The van der Waals surface area contributed by atoms with Crippen LogP contribution in [0.25, 0.3) is 11.0 Å². The zero-order chi connectivity index (χ0) is 19.6. The number of fused-ring (bicyclic) bond motifs is 1. The number of carbonyl (C=O) groups is 2. The highest BCUT2D eigenvalue weighted by molar-refractivity contribution is 5.98. The number of ether oxygens (including phenoxy) is 1. The summed E-state index contributed by atoms with van der Waals surface area (Å²) in [5.74, 6) is -1.25. The molecule has 0 saturated carbocycles. The van der Waals surface area contributed by atoms with E-state index in [4.69, 9.17) is 9.15 Å². The molecule has 1 heterocycles. The fourth-order valence-corrected chi connectivity index (χ4v) is 2.65. The van der Waals surface area contributed by atoms with Crippen LogP contribution in [0.5, 0.6) is 0 Å². The molecule has 0 radical (unpaired) electrons. The molecule has 1 amide bonds. The summed E-state index contributed by atoms with van der Waals surface area (Å²) in [5, 5.41) is 14.1. The maximum Gasteiger partial charge on any atom is 0.375 e. The van der Waals surface area contributed by atoms with Crippen LogP contribution in [-0.2, 0) is 9.53 Å². The molecule has 0 fully saturated rings. The van der Waals surface area contributed by atoms with Gasteiger partial charge in [0.2, 0.25) is 5.76 Å². The summed E-state index contributed by atoms with van der Waals surface area (Å²) in [6.45, 7) is 2.86. The van der Waals surface area contributed by atoms with Gasteiger partial charge in [-0.2, -0.15) is 0 Å². The second-order valence-electron chi connectivity index (χ2n) is 5.93. The van der Waals surface area contributed by atoms with Crippen molar-refractivity contribution in [1.29, 1.82) is 0 Å². The lowest BCUT2D eigenvalue weighted by Gasteiger charge is -2.08. The van der Waals surface area contributed by atoms with E-state index in [0.29, 0.717) is 22.4 Å². The number of rotatable bonds is 5. The number of para-hydroxylation sites is 1. The Labute approximate surface area is 153 Å². The molecule has 2 aromatic carbocycles. The first kappa shape index (κ1) is 18.1. The molecule has 1 N–H and O–H groups in total. The van der Waals surface area contributed by atoms with Gasteiger partial charge in [0.25, 0.3) is 11.6 Å². The van der Waals surface area contributed by atoms with Gasteiger partial charge in [-0.05, 0) is 31.5 Å². The molecular formula is C19H16N2O6. The van der Waals surface area contributed by atoms with Crippen LogP contribution in [0, 0.1) is 24.0 Å². The number of nitrogens with one attached hydrogen (secondary N) is 1. The second kappa shape index (κ2) is 7.28. The van der Waals surface area contributed by atoms with Crippen LogP contribution in [-0.4, -0.2) is 23.4 Å². The normalized spacial score (nSPS) is 10.6. The Morgan fingerprint density at radius 3 is 2.59 bits per heavy atom. The van der Waals surface area contributed by atoms with Gasteiger partial charge >= 0.3 is 5.97 Å². The number of nitro benzene ring substituents is 1. The Morgan fingerprint density at radius 1 is 1.19 bits per heavy atom. The number of non-ortho nitro benzene ring substituents is 1. The third kappa shape index (κ3) is 3.79. The maximum absolute atomic E-state index is 12.2. The van der Waals surface area contributed by atoms with Gasteiger partial charge < -0.3 is 14.5 Å². The highest BCUT2D eigenvalue weighted by atomic mass is 16.6. The number of esters is 1. The summed E-state index contributed by atoms with van der Waals surface area (Å²) in [6, 6.07) is 11.3. The lowest BCUT2D eigenvalue weighted by atomic mass is 10.1. The third-order valence-corrected chi connectivity index (χ3v) is 4.06. The molecule has 0 unspecified atom stereocenters. The average Bonchev–Trinajstić information content (AvgIpc) is 2.98. The molecule has 0 aliphatic carbocycles. The first-order valence-electron chi connectivity index (χ1n) is 8.07. The molecule has 8 heteroatoms. The van der Waals surface area contributed by atoms with Crippen molar-refractivity contribution in [3.63, 3.8) is 0 Å². The van der Waals surface area contributed by atoms with Crippen molar-refractivity contribution in [2.24, 2.45) is 0 Å². The van der Waals surface area contributed by atoms with Crippen LogP contribution < -0.4 is 5.32 Å². The summed E-state index contributed by atoms with van der Waals surface area (Å²) in [7, 11) is 0. The number of benzene rings is 2. The van der Waals surface area contributed by atoms with Gasteiger partial charge in [-0.25, -0.2) is 4.79 Å². The first-order chi connectivity index (χ1) is 12.9. The average molecular weight is 368 g/mol. The van der Waals surface area contributed by atoms with Crippen molar-refractivity contribution in [1.82, 2.24) is 0 Å². The zero-order valence-electron chi connectivity index (χ0n) is 14.6. The smallest absolute Gasteiger partial charge is 0.375 e. The topological polar surface area (TPSA) is 112 Å². The van der Waals surface area contributed by atoms with Crippen LogP contribution in [0.15, 0.2) is 46.9 Å². The summed E-state index contributed by atoms with van der Waals surface area (Å²) in [6.07, 6.45) is 0. The lowest BCUT2D eigenvalue weighted by molar-refractivity contribution is -0.384. The van der Waals surface area contributed by atoms with Crippen molar-refractivity contribution < 1.29 is 23.7 Å². The van der Waals surface area contributed by atoms with Crippen LogP contribution in [0.2, 0.25) is 0 Å². The van der Waals surface area contributed by atoms with Crippen molar-refractivity contribution in [2.45, 2.75) is 13.8 Å². The maximum atomic E-state index is 12.2. The standard InChI is InChI=1S/C19H16N2O6/c1-11-9-13(21(24)25)7-8-15(11)20-17(22)10-26-19(23)18-12(2)14-5-3-4-6-16(14)27-18/h3-9H,10H2,1-2H3,(H,20,22). The fourth-order valence-electron chi connectivity index (χ4n) is 2.65. The summed E-state index contributed by atoms with van der Waals surface area (Å²) in [4.78, 5) is 34.5. The van der Waals surface area contributed by atoms with E-state index in [2.05, 4.69) is 5.32 Å². The minimum absolute atomic E-state index is 0.0514. The summed E-state index contributed by atoms with van der Waals surface area (Å²) < 4.78 is 10.5. The molecule has 8 nitrogen and oxygen atoms in total. The molecular weight excluding hydrogens is 352 g/mol. The quantitative estimate of drug-likeness (QED) is 0.417. The molecule has 0 atom stereocenters. The van der Waals surface area contributed by atoms with Gasteiger partial charge in [0.15, 0.2) is 6.61 Å². The highest BCUT2D eigenvalue weighted by Gasteiger charge is 2.20. The van der Waals surface area contributed by atoms with Gasteiger partial charge in [0, 0.05) is 28.8 Å². The number of anilines is 1. The van der Waals surface area contributed by atoms with E-state index < -0.39 is 23.4 Å². The van der Waals surface area contributed by atoms with Gasteiger partial charge in [-0.15, -0.1) is 0 Å². The van der Waals surface area contributed by atoms with Crippen molar-refractivity contribution >= 4 is 34.2 Å². The number of furan rings is 1. The predicted molar refractivity (Wildman–Crippen MR) is 97.7 cm³/mol. The minimum Gasteiger partial charge on any atom is -0.450 e. The highest BCUT2D eigenvalue weighted by Crippen LogP contribution is 2.25. The third-order valence-electron chi connectivity index (χ3n) is 4.06. The Bertz CT molecular complexity index is 1050. The molecule has 27 heavy (non-hydrogen) atoms. The Kier molecular flexibility index (Phi) is 4.89. The first-order valence-corrected chi connectivity index (χ1v) is 8.07. The molecule has 0 aliphatic heterocycles. The van der Waals surface area contributed by atoms with Crippen LogP contribution in [0.1, 0.15) is 21.7 Å². The molecule has 1 aromatic heterocycles. The monoisotopic (exact) mass is 368 g/mol. The van der Waals surface area contributed by atoms with Gasteiger partial charge in [0.05, 0.1) is 4.92 Å². The Morgan fingerprint density at radius 2 is 1.93 bits per heavy atom. The van der Waals surface area contributed by atoms with Gasteiger partial charge in [0.1, 0.15) is 5.58 Å². The molecule has 0 aliphatic rings. The van der Waals surface area contributed by atoms with Gasteiger partial charge in [-0.3, -0.25) is 14.9 Å². The van der Waals surface area contributed by atoms with Crippen molar-refractivity contribution in [2.75, 3.05) is 11.9 Å². The molecule has 3 rings (SSSR count). The number of nitrogens with zero attached hydrogens (tertiary/aromatic N) is 1. The van der Waals surface area contributed by atoms with E-state index in [-0.39, 0.29) is 11.4 Å². The van der Waals surface area contributed by atoms with E-state index in [1.165, 1.54) is 18.2 Å². The molecule has 3 aromatic rings. The number of carbonyl (C=O) groups excluding carboxylic acids is 2. The van der Waals surface area contributed by atoms with E-state index in [0.717, 1.165) is 5.39 Å². The SMILES string of the molecule is Cc1cc([N+](=O)[O-])ccc1NC(=O)COC(=O)c1oc2ccccc2c1C. The number of aryl methyl sites for hydroxylation is 2. The Balaban J connectivity index is 1.64. The Hall–Kier alpha value is -3.68. The number of amides is 1. The zero-order valence-corrected chi connectivity index (χ0v) is 14.6.